The summed E-state index contributed by atoms with van der Waals surface area (Å²) in [5, 5.41) is 44.2. The molecule has 2 fully saturated rings. The summed E-state index contributed by atoms with van der Waals surface area (Å²) >= 11 is 0. The molecule has 17 atom stereocenters. The second kappa shape index (κ2) is 21.4. The number of hydrogen-bond acceptors (Lipinski definition) is 15. The van der Waals surface area contributed by atoms with Gasteiger partial charge in [0.2, 0.25) is 0 Å². The molecule has 0 spiro atoms. The van der Waals surface area contributed by atoms with Crippen LogP contribution in [-0.4, -0.2) is 158 Å². The maximum absolute atomic E-state index is 13.6. The number of aliphatic hydroxyl groups is 4. The molecular weight excluding hydrogens is 706 g/mol. The Hall–Kier alpha value is -2.15. The molecule has 0 amide bonds. The van der Waals surface area contributed by atoms with E-state index in [2.05, 4.69) is 0 Å². The zero-order chi connectivity index (χ0) is 40.4. The minimum Gasteiger partial charge on any atom is -0.462 e. The Morgan fingerprint density at radius 1 is 0.889 bits per heavy atom. The van der Waals surface area contributed by atoms with Gasteiger partial charge in [-0.05, 0) is 59.7 Å². The highest BCUT2D eigenvalue weighted by atomic mass is 16.7. The van der Waals surface area contributed by atoms with Crippen LogP contribution >= 0.6 is 0 Å². The van der Waals surface area contributed by atoms with Gasteiger partial charge in [-0.2, -0.15) is 0 Å². The first-order chi connectivity index (χ1) is 25.5. The summed E-state index contributed by atoms with van der Waals surface area (Å²) < 4.78 is 41.6. The standard InChI is InChI=1S/C39H65NO14/c1-11-29-26(19-50-39-37(49-10)36(48-9)33(46)24(6)52-39)16-20(2)12-13-27(42)21(3)17-25(14-15-41)35(22(4)28(43)18-30(44)53-29)54-38-34(47)31(40(7)8)32(45)23(5)51-38/h12-13,15-16,21-26,28-29,31-39,43,45-47H,11,14,17-19H2,1-10H3/b13-12-,20-16+/t21-,22+,23-,24-,25+,26-,28-,29?,31+,32-,33-,34-,35?,36-,37-,38+,39-/m1/s1. The summed E-state index contributed by atoms with van der Waals surface area (Å²) in [6, 6.07) is -0.740. The Kier molecular flexibility index (Phi) is 18.3. The van der Waals surface area contributed by atoms with Crippen LogP contribution in [0.2, 0.25) is 0 Å². The lowest BCUT2D eigenvalue weighted by Crippen LogP contribution is -2.63. The van der Waals surface area contributed by atoms with Gasteiger partial charge in [0.1, 0.15) is 36.8 Å². The van der Waals surface area contributed by atoms with Gasteiger partial charge in [0.25, 0.3) is 0 Å². The molecule has 310 valence electrons. The number of hydrogen-bond donors (Lipinski definition) is 4. The third kappa shape index (κ3) is 11.7. The Morgan fingerprint density at radius 2 is 1.52 bits per heavy atom. The number of cyclic esters (lactones) is 1. The summed E-state index contributed by atoms with van der Waals surface area (Å²) in [7, 11) is 6.36. The van der Waals surface area contributed by atoms with Gasteiger partial charge in [0, 0.05) is 38.4 Å². The first-order valence-electron chi connectivity index (χ1n) is 19.0. The molecule has 4 N–H and O–H groups in total. The molecule has 15 heteroatoms. The van der Waals surface area contributed by atoms with Crippen molar-refractivity contribution in [1.29, 1.82) is 0 Å². The zero-order valence-electron chi connectivity index (χ0n) is 33.5. The number of nitrogens with zero attached hydrogens (tertiary/aromatic N) is 1. The summed E-state index contributed by atoms with van der Waals surface area (Å²) in [5.74, 6) is -3.37. The van der Waals surface area contributed by atoms with Gasteiger partial charge in [-0.3, -0.25) is 9.59 Å². The van der Waals surface area contributed by atoms with Crippen LogP contribution in [0.3, 0.4) is 0 Å². The quantitative estimate of drug-likeness (QED) is 0.174. The average Bonchev–Trinajstić information content (AvgIpc) is 3.12. The summed E-state index contributed by atoms with van der Waals surface area (Å²) in [6.07, 6.45) is -5.36. The van der Waals surface area contributed by atoms with E-state index in [0.29, 0.717) is 12.0 Å². The van der Waals surface area contributed by atoms with Crippen LogP contribution in [0.1, 0.15) is 67.2 Å². The van der Waals surface area contributed by atoms with Crippen LogP contribution in [0.15, 0.2) is 23.8 Å². The third-order valence-electron chi connectivity index (χ3n) is 11.1. The zero-order valence-corrected chi connectivity index (χ0v) is 33.5. The topological polar surface area (TPSA) is 200 Å². The third-order valence-corrected chi connectivity index (χ3v) is 11.1. The Labute approximate surface area is 319 Å². The molecule has 3 aliphatic heterocycles. The normalized spacial score (nSPS) is 43.6. The smallest absolute Gasteiger partial charge is 0.308 e. The highest BCUT2D eigenvalue weighted by Gasteiger charge is 2.48. The lowest BCUT2D eigenvalue weighted by molar-refractivity contribution is -0.304. The van der Waals surface area contributed by atoms with Crippen molar-refractivity contribution >= 4 is 18.0 Å². The van der Waals surface area contributed by atoms with E-state index in [1.165, 1.54) is 20.3 Å². The van der Waals surface area contributed by atoms with Crippen molar-refractivity contribution < 1.29 is 68.0 Å². The van der Waals surface area contributed by atoms with E-state index in [-0.39, 0.29) is 25.2 Å². The molecule has 0 saturated carbocycles. The maximum Gasteiger partial charge on any atom is 0.308 e. The average molecular weight is 772 g/mol. The van der Waals surface area contributed by atoms with Crippen molar-refractivity contribution in [3.63, 3.8) is 0 Å². The lowest BCUT2D eigenvalue weighted by atomic mass is 9.79. The molecular formula is C39H65NO14. The highest BCUT2D eigenvalue weighted by Crippen LogP contribution is 2.35. The summed E-state index contributed by atoms with van der Waals surface area (Å²) in [5.41, 5.74) is 0.701. The van der Waals surface area contributed by atoms with Crippen molar-refractivity contribution in [3.05, 3.63) is 23.8 Å². The number of rotatable bonds is 11. The monoisotopic (exact) mass is 771 g/mol. The van der Waals surface area contributed by atoms with Crippen molar-refractivity contribution in [2.24, 2.45) is 23.7 Å². The molecule has 2 saturated heterocycles. The molecule has 0 aliphatic carbocycles. The van der Waals surface area contributed by atoms with E-state index >= 15 is 0 Å². The molecule has 3 heterocycles. The van der Waals surface area contributed by atoms with Crippen LogP contribution in [0.25, 0.3) is 0 Å². The van der Waals surface area contributed by atoms with Gasteiger partial charge in [-0.25, -0.2) is 0 Å². The molecule has 54 heavy (non-hydrogen) atoms. The Bertz CT molecular complexity index is 1260. The predicted octanol–water partition coefficient (Wildman–Crippen LogP) is 1.56. The number of carbonyl (C=O) groups excluding carboxylic acids is 3. The first-order valence-corrected chi connectivity index (χ1v) is 19.0. The van der Waals surface area contributed by atoms with Gasteiger partial charge in [-0.1, -0.05) is 38.5 Å². The van der Waals surface area contributed by atoms with E-state index in [9.17, 15) is 34.8 Å². The fourth-order valence-corrected chi connectivity index (χ4v) is 7.76. The molecule has 3 rings (SSSR count). The van der Waals surface area contributed by atoms with Crippen LogP contribution < -0.4 is 0 Å². The minimum atomic E-state index is -1.31. The fraction of sp³-hybridized carbons (Fsp3) is 0.821. The molecule has 15 nitrogen and oxygen atoms in total. The number of methoxy groups -OCH3 is 2. The second-order valence-electron chi connectivity index (χ2n) is 15.4. The second-order valence-corrected chi connectivity index (χ2v) is 15.4. The van der Waals surface area contributed by atoms with Gasteiger partial charge in [0.05, 0.1) is 49.6 Å². The molecule has 0 aromatic heterocycles. The van der Waals surface area contributed by atoms with Crippen LogP contribution in [0.5, 0.6) is 0 Å². The predicted molar refractivity (Wildman–Crippen MR) is 196 cm³/mol. The van der Waals surface area contributed by atoms with Gasteiger partial charge in [-0.15, -0.1) is 0 Å². The molecule has 3 aliphatic rings. The molecule has 0 bridgehead atoms. The van der Waals surface area contributed by atoms with E-state index < -0.39 is 116 Å². The van der Waals surface area contributed by atoms with Gasteiger partial charge in [0.15, 0.2) is 18.4 Å². The molecule has 0 aromatic rings. The SMILES string of the molecule is CCC1OC(=O)C[C@@H](O)[C@H](C)C(O[C@@H]2O[C@H](C)[C@@H](O)[C@H](N(C)C)[C@H]2O)[C@@H](CC=O)C[C@@H](C)C(=O)/C=C\C(C)=C\[C@@H]1CO[C@@H]1O[C@H](C)[C@@H](O)[C@@H](OC)[C@H]1OC. The fourth-order valence-electron chi connectivity index (χ4n) is 7.76. The van der Waals surface area contributed by atoms with Crippen LogP contribution in [0, 0.1) is 23.7 Å². The summed E-state index contributed by atoms with van der Waals surface area (Å²) in [4.78, 5) is 40.8. The first kappa shape index (κ1) is 46.2. The number of ether oxygens (including phenoxy) is 7. The Balaban J connectivity index is 1.96. The molecule has 2 unspecified atom stereocenters. The number of carbonyl (C=O) groups is 3. The van der Waals surface area contributed by atoms with Crippen molar-refractivity contribution in [2.45, 2.75) is 147 Å². The van der Waals surface area contributed by atoms with Crippen molar-refractivity contribution in [1.82, 2.24) is 4.90 Å². The number of esters is 1. The largest absolute Gasteiger partial charge is 0.462 e. The Morgan fingerprint density at radius 3 is 2.11 bits per heavy atom. The number of allylic oxidation sites excluding steroid dienone is 3. The lowest BCUT2D eigenvalue weighted by Gasteiger charge is -2.46. The molecule has 0 radical (unpaired) electrons. The van der Waals surface area contributed by atoms with E-state index in [0.717, 1.165) is 6.29 Å². The highest BCUT2D eigenvalue weighted by molar-refractivity contribution is 5.91. The molecule has 0 aromatic carbocycles. The summed E-state index contributed by atoms with van der Waals surface area (Å²) in [6.45, 7) is 10.5. The van der Waals surface area contributed by atoms with Crippen LogP contribution in [-0.2, 0) is 47.5 Å². The number of aldehydes is 1. The van der Waals surface area contributed by atoms with E-state index in [1.807, 2.05) is 19.9 Å². The van der Waals surface area contributed by atoms with Gasteiger partial charge < -0.3 is 63.3 Å². The van der Waals surface area contributed by atoms with Crippen molar-refractivity contribution in [3.8, 4) is 0 Å². The maximum atomic E-state index is 13.6. The van der Waals surface area contributed by atoms with E-state index in [1.54, 1.807) is 52.8 Å². The van der Waals surface area contributed by atoms with E-state index in [4.69, 9.17) is 33.2 Å². The minimum absolute atomic E-state index is 0.0120. The van der Waals surface area contributed by atoms with Crippen molar-refractivity contribution in [2.75, 3.05) is 34.9 Å². The number of aliphatic hydroxyl groups excluding tert-OH is 4. The number of ketones is 1. The number of likely N-dealkylation sites (N-methyl/N-ethyl adjacent to an activating group) is 1. The van der Waals surface area contributed by atoms with Gasteiger partial charge >= 0.3 is 5.97 Å². The van der Waals surface area contributed by atoms with Crippen LogP contribution in [0.4, 0.5) is 0 Å².